The highest BCUT2D eigenvalue weighted by atomic mass is 19.1. The molecular formula is C24H27FN6O. The van der Waals surface area contributed by atoms with E-state index in [1.54, 1.807) is 48.6 Å². The van der Waals surface area contributed by atoms with Crippen molar-refractivity contribution in [2.24, 2.45) is 4.99 Å². The van der Waals surface area contributed by atoms with Gasteiger partial charge in [-0.3, -0.25) is 15.2 Å². The summed E-state index contributed by atoms with van der Waals surface area (Å²) in [6, 6.07) is 11.2. The van der Waals surface area contributed by atoms with Gasteiger partial charge in [0.05, 0.1) is 5.56 Å². The lowest BCUT2D eigenvalue weighted by atomic mass is 10.1. The molecule has 32 heavy (non-hydrogen) atoms. The molecule has 7 nitrogen and oxygen atoms in total. The second-order valence-corrected chi connectivity index (χ2v) is 7.03. The highest BCUT2D eigenvalue weighted by molar-refractivity contribution is 6.09. The molecule has 166 valence electrons. The van der Waals surface area contributed by atoms with Crippen LogP contribution in [-0.2, 0) is 4.79 Å². The zero-order chi connectivity index (χ0) is 23.3. The van der Waals surface area contributed by atoms with E-state index in [0.717, 1.165) is 25.7 Å². The Morgan fingerprint density at radius 2 is 2.09 bits per heavy atom. The molecule has 0 spiro atoms. The van der Waals surface area contributed by atoms with Gasteiger partial charge >= 0.3 is 0 Å². The molecular weight excluding hydrogens is 407 g/mol. The van der Waals surface area contributed by atoms with Gasteiger partial charge in [-0.15, -0.1) is 0 Å². The summed E-state index contributed by atoms with van der Waals surface area (Å²) < 4.78 is 14.2. The molecule has 0 unspecified atom stereocenters. The maximum absolute atomic E-state index is 14.2. The molecule has 2 aromatic carbocycles. The summed E-state index contributed by atoms with van der Waals surface area (Å²) in [5, 5.41) is 20.3. The van der Waals surface area contributed by atoms with E-state index in [-0.39, 0.29) is 11.4 Å². The first kappa shape index (κ1) is 24.3. The number of rotatable bonds is 11. The first-order valence-corrected chi connectivity index (χ1v) is 10.2. The molecule has 0 aliphatic rings. The number of nitrogens with zero attached hydrogens (tertiary/aromatic N) is 3. The number of benzene rings is 2. The number of unbranched alkanes of at least 4 members (excludes halogenated alkanes) is 3. The molecule has 2 rings (SSSR count). The van der Waals surface area contributed by atoms with E-state index >= 15 is 0 Å². The third kappa shape index (κ3) is 6.77. The second-order valence-electron chi connectivity index (χ2n) is 7.03. The van der Waals surface area contributed by atoms with Gasteiger partial charge in [-0.2, -0.15) is 5.26 Å². The van der Waals surface area contributed by atoms with Gasteiger partial charge in [0.25, 0.3) is 0 Å². The SMILES string of the molecule is CN=Cc1cc(N(/C=C/CCCCCNC=O)C(=N)c2ccc(C#N)c(F)c2)ccc1N. The van der Waals surface area contributed by atoms with Crippen molar-refractivity contribution in [1.82, 2.24) is 5.32 Å². The number of hydrogen-bond donors (Lipinski definition) is 3. The number of halogens is 1. The van der Waals surface area contributed by atoms with Crippen LogP contribution < -0.4 is 16.0 Å². The summed E-state index contributed by atoms with van der Waals surface area (Å²) >= 11 is 0. The van der Waals surface area contributed by atoms with E-state index in [9.17, 15) is 9.18 Å². The van der Waals surface area contributed by atoms with Crippen LogP contribution in [0, 0.1) is 22.6 Å². The highest BCUT2D eigenvalue weighted by Gasteiger charge is 2.15. The number of carbonyl (C=O) groups is 1. The number of nitrogens with two attached hydrogens (primary N) is 1. The second kappa shape index (κ2) is 12.6. The van der Waals surface area contributed by atoms with Crippen molar-refractivity contribution in [3.05, 3.63) is 71.2 Å². The number of amidine groups is 1. The molecule has 0 heterocycles. The summed E-state index contributed by atoms with van der Waals surface area (Å²) in [5.74, 6) is -0.609. The molecule has 0 atom stereocenters. The fourth-order valence-electron chi connectivity index (χ4n) is 3.05. The Morgan fingerprint density at radius 3 is 2.78 bits per heavy atom. The molecule has 0 saturated heterocycles. The van der Waals surface area contributed by atoms with Crippen molar-refractivity contribution >= 4 is 29.8 Å². The number of hydrogen-bond acceptors (Lipinski definition) is 5. The van der Waals surface area contributed by atoms with Crippen LogP contribution in [0.2, 0.25) is 0 Å². The zero-order valence-electron chi connectivity index (χ0n) is 18.0. The lowest BCUT2D eigenvalue weighted by Gasteiger charge is -2.22. The Kier molecular flexibility index (Phi) is 9.60. The molecule has 2 aromatic rings. The van der Waals surface area contributed by atoms with E-state index in [2.05, 4.69) is 10.3 Å². The molecule has 0 aliphatic carbocycles. The normalized spacial score (nSPS) is 10.9. The number of nitriles is 1. The van der Waals surface area contributed by atoms with Crippen LogP contribution in [0.25, 0.3) is 0 Å². The fourth-order valence-corrected chi connectivity index (χ4v) is 3.05. The summed E-state index contributed by atoms with van der Waals surface area (Å²) in [6.07, 6.45) is 9.63. The number of aliphatic imine (C=N–C) groups is 1. The summed E-state index contributed by atoms with van der Waals surface area (Å²) in [5.41, 5.74) is 8.24. The minimum Gasteiger partial charge on any atom is -0.398 e. The van der Waals surface area contributed by atoms with Crippen molar-refractivity contribution in [2.75, 3.05) is 24.2 Å². The third-order valence-corrected chi connectivity index (χ3v) is 4.75. The van der Waals surface area contributed by atoms with Crippen molar-refractivity contribution < 1.29 is 9.18 Å². The quantitative estimate of drug-likeness (QED) is 0.163. The Bertz CT molecular complexity index is 1040. The summed E-state index contributed by atoms with van der Waals surface area (Å²) in [6.45, 7) is 0.654. The first-order valence-electron chi connectivity index (χ1n) is 10.2. The topological polar surface area (TPSA) is 118 Å². The van der Waals surface area contributed by atoms with Gasteiger partial charge in [0.15, 0.2) is 0 Å². The number of nitrogen functional groups attached to an aromatic ring is 1. The minimum atomic E-state index is -0.668. The Hall–Kier alpha value is -3.99. The van der Waals surface area contributed by atoms with Crippen molar-refractivity contribution in [1.29, 1.82) is 10.7 Å². The molecule has 4 N–H and O–H groups in total. The van der Waals surface area contributed by atoms with Crippen LogP contribution in [-0.4, -0.2) is 32.1 Å². The zero-order valence-corrected chi connectivity index (χ0v) is 18.0. The van der Waals surface area contributed by atoms with Gasteiger partial charge in [0.1, 0.15) is 17.7 Å². The predicted molar refractivity (Wildman–Crippen MR) is 126 cm³/mol. The van der Waals surface area contributed by atoms with E-state index in [1.807, 2.05) is 12.1 Å². The van der Waals surface area contributed by atoms with Gasteiger partial charge < -0.3 is 16.0 Å². The minimum absolute atomic E-state index is 0.0592. The molecule has 0 aromatic heterocycles. The van der Waals surface area contributed by atoms with Crippen LogP contribution in [0.3, 0.4) is 0 Å². The number of amides is 1. The van der Waals surface area contributed by atoms with E-state index in [4.69, 9.17) is 16.4 Å². The van der Waals surface area contributed by atoms with Gasteiger partial charge in [0, 0.05) is 48.5 Å². The highest BCUT2D eigenvalue weighted by Crippen LogP contribution is 2.23. The van der Waals surface area contributed by atoms with Crippen LogP contribution in [0.5, 0.6) is 0 Å². The number of carbonyl (C=O) groups excluding carboxylic acids is 1. The largest absolute Gasteiger partial charge is 0.398 e. The summed E-state index contributed by atoms with van der Waals surface area (Å²) in [4.78, 5) is 15.9. The molecule has 1 amide bonds. The first-order chi connectivity index (χ1) is 15.5. The van der Waals surface area contributed by atoms with Crippen molar-refractivity contribution in [2.45, 2.75) is 25.7 Å². The summed E-state index contributed by atoms with van der Waals surface area (Å²) in [7, 11) is 1.65. The lowest BCUT2D eigenvalue weighted by Crippen LogP contribution is -2.25. The molecule has 8 heteroatoms. The standard InChI is InChI=1S/C24H27FN6O/c1-29-16-20-13-21(9-10-23(20)27)31(12-6-4-2-3-5-11-30-17-32)24(28)18-7-8-19(15-26)22(25)14-18/h6-10,12-14,16-17,28H,2-5,11,27H2,1H3,(H,30,32)/b12-6+,28-24?,29-16?. The fraction of sp³-hybridized carbons (Fsp3) is 0.250. The molecule has 0 aliphatic heterocycles. The Labute approximate surface area is 187 Å². The average molecular weight is 435 g/mol. The predicted octanol–water partition coefficient (Wildman–Crippen LogP) is 3.98. The lowest BCUT2D eigenvalue weighted by molar-refractivity contribution is -0.109. The van der Waals surface area contributed by atoms with E-state index in [0.29, 0.717) is 35.5 Å². The monoisotopic (exact) mass is 434 g/mol. The maximum atomic E-state index is 14.2. The third-order valence-electron chi connectivity index (χ3n) is 4.75. The number of allylic oxidation sites excluding steroid dienone is 1. The molecule has 0 fully saturated rings. The van der Waals surface area contributed by atoms with Crippen LogP contribution >= 0.6 is 0 Å². The number of nitrogens with one attached hydrogen (secondary N) is 2. The Balaban J connectivity index is 2.27. The van der Waals surface area contributed by atoms with Crippen molar-refractivity contribution in [3.8, 4) is 6.07 Å². The van der Waals surface area contributed by atoms with Crippen molar-refractivity contribution in [3.63, 3.8) is 0 Å². The number of anilines is 2. The van der Waals surface area contributed by atoms with Gasteiger partial charge in [-0.05, 0) is 55.7 Å². The van der Waals surface area contributed by atoms with Crippen LogP contribution in [0.1, 0.15) is 42.4 Å². The van der Waals surface area contributed by atoms with Gasteiger partial charge in [-0.1, -0.05) is 12.5 Å². The average Bonchev–Trinajstić information content (AvgIpc) is 2.79. The molecule has 0 bridgehead atoms. The molecule has 0 saturated carbocycles. The van der Waals surface area contributed by atoms with Gasteiger partial charge in [-0.25, -0.2) is 4.39 Å². The van der Waals surface area contributed by atoms with Gasteiger partial charge in [0.2, 0.25) is 6.41 Å². The van der Waals surface area contributed by atoms with Crippen LogP contribution in [0.4, 0.5) is 15.8 Å². The smallest absolute Gasteiger partial charge is 0.207 e. The van der Waals surface area contributed by atoms with E-state index < -0.39 is 5.82 Å². The Morgan fingerprint density at radius 1 is 1.28 bits per heavy atom. The maximum Gasteiger partial charge on any atom is 0.207 e. The molecule has 0 radical (unpaired) electrons. The van der Waals surface area contributed by atoms with E-state index in [1.165, 1.54) is 12.1 Å². The van der Waals surface area contributed by atoms with Crippen LogP contribution in [0.15, 0.2) is 53.7 Å².